The number of anilines is 2. The molecular formula is C18H24N4O2. The quantitative estimate of drug-likeness (QED) is 0.791. The fraction of sp³-hybridized carbons (Fsp3) is 0.389. The topological polar surface area (TPSA) is 67.4 Å². The molecule has 0 aliphatic carbocycles. The zero-order chi connectivity index (χ0) is 17.5. The molecule has 0 unspecified atom stereocenters. The first-order valence-electron chi connectivity index (χ1n) is 8.02. The average molecular weight is 328 g/mol. The van der Waals surface area contributed by atoms with Crippen molar-refractivity contribution in [2.24, 2.45) is 0 Å². The van der Waals surface area contributed by atoms with Gasteiger partial charge in [0.15, 0.2) is 0 Å². The lowest BCUT2D eigenvalue weighted by Gasteiger charge is -2.22. The van der Waals surface area contributed by atoms with Crippen molar-refractivity contribution in [1.82, 2.24) is 15.3 Å². The summed E-state index contributed by atoms with van der Waals surface area (Å²) < 4.78 is 4.94. The zero-order valence-corrected chi connectivity index (χ0v) is 14.7. The van der Waals surface area contributed by atoms with Crippen LogP contribution in [0.4, 0.5) is 11.6 Å². The zero-order valence-electron chi connectivity index (χ0n) is 14.7. The molecule has 0 aliphatic heterocycles. The summed E-state index contributed by atoms with van der Waals surface area (Å²) in [5.41, 5.74) is 3.28. The SMILES string of the molecule is CCN(c1cccc(C)c1)c1nc(C)cc(C(=O)NCCOC)n1. The lowest BCUT2D eigenvalue weighted by Crippen LogP contribution is -2.29. The minimum absolute atomic E-state index is 0.223. The standard InChI is InChI=1S/C18H24N4O2/c1-5-22(15-8-6-7-13(2)11-15)18-20-14(3)12-16(21-18)17(23)19-9-10-24-4/h6-8,11-12H,5,9-10H2,1-4H3,(H,19,23). The Morgan fingerprint density at radius 1 is 1.25 bits per heavy atom. The molecule has 6 heteroatoms. The molecule has 0 aliphatic rings. The predicted octanol–water partition coefficient (Wildman–Crippen LogP) is 2.63. The Hall–Kier alpha value is -2.47. The lowest BCUT2D eigenvalue weighted by molar-refractivity contribution is 0.0932. The third-order valence-electron chi connectivity index (χ3n) is 3.54. The first-order chi connectivity index (χ1) is 11.5. The molecule has 128 valence electrons. The Bertz CT molecular complexity index is 703. The number of carbonyl (C=O) groups is 1. The van der Waals surface area contributed by atoms with Crippen LogP contribution < -0.4 is 10.2 Å². The second kappa shape index (κ2) is 8.40. The highest BCUT2D eigenvalue weighted by molar-refractivity contribution is 5.92. The first-order valence-corrected chi connectivity index (χ1v) is 8.02. The highest BCUT2D eigenvalue weighted by atomic mass is 16.5. The van der Waals surface area contributed by atoms with Gasteiger partial charge < -0.3 is 15.0 Å². The van der Waals surface area contributed by atoms with Crippen molar-refractivity contribution < 1.29 is 9.53 Å². The maximum absolute atomic E-state index is 12.3. The minimum Gasteiger partial charge on any atom is -0.383 e. The summed E-state index contributed by atoms with van der Waals surface area (Å²) in [6, 6.07) is 9.83. The molecule has 2 aromatic rings. The molecule has 6 nitrogen and oxygen atoms in total. The molecule has 2 rings (SSSR count). The van der Waals surface area contributed by atoms with Gasteiger partial charge in [0.1, 0.15) is 5.69 Å². The van der Waals surface area contributed by atoms with Gasteiger partial charge in [-0.05, 0) is 44.5 Å². The van der Waals surface area contributed by atoms with Crippen LogP contribution in [0.25, 0.3) is 0 Å². The van der Waals surface area contributed by atoms with E-state index in [1.54, 1.807) is 13.2 Å². The molecule has 1 N–H and O–H groups in total. The number of benzene rings is 1. The second-order valence-corrected chi connectivity index (χ2v) is 5.53. The van der Waals surface area contributed by atoms with E-state index in [-0.39, 0.29) is 5.91 Å². The van der Waals surface area contributed by atoms with Crippen LogP contribution in [0.1, 0.15) is 28.7 Å². The summed E-state index contributed by atoms with van der Waals surface area (Å²) in [5, 5.41) is 2.79. The molecule has 0 fully saturated rings. The molecule has 0 saturated carbocycles. The van der Waals surface area contributed by atoms with Crippen LogP contribution in [0, 0.1) is 13.8 Å². The van der Waals surface area contributed by atoms with Crippen LogP contribution in [-0.4, -0.2) is 42.7 Å². The Morgan fingerprint density at radius 2 is 2.04 bits per heavy atom. The number of hydrogen-bond acceptors (Lipinski definition) is 5. The van der Waals surface area contributed by atoms with E-state index in [9.17, 15) is 4.79 Å². The van der Waals surface area contributed by atoms with E-state index in [4.69, 9.17) is 4.74 Å². The number of amides is 1. The smallest absolute Gasteiger partial charge is 0.270 e. The number of nitrogens with one attached hydrogen (secondary N) is 1. The van der Waals surface area contributed by atoms with Gasteiger partial charge in [0.2, 0.25) is 5.95 Å². The van der Waals surface area contributed by atoms with Crippen LogP contribution in [0.3, 0.4) is 0 Å². The van der Waals surface area contributed by atoms with Crippen molar-refractivity contribution in [3.05, 3.63) is 47.3 Å². The van der Waals surface area contributed by atoms with Gasteiger partial charge in [-0.3, -0.25) is 4.79 Å². The van der Waals surface area contributed by atoms with Crippen LogP contribution >= 0.6 is 0 Å². The summed E-state index contributed by atoms with van der Waals surface area (Å²) in [6.45, 7) is 7.56. The van der Waals surface area contributed by atoms with E-state index in [1.807, 2.05) is 43.9 Å². The maximum Gasteiger partial charge on any atom is 0.270 e. The number of hydrogen-bond donors (Lipinski definition) is 1. The van der Waals surface area contributed by atoms with Gasteiger partial charge in [-0.25, -0.2) is 9.97 Å². The van der Waals surface area contributed by atoms with Gasteiger partial charge in [-0.15, -0.1) is 0 Å². The van der Waals surface area contributed by atoms with Gasteiger partial charge >= 0.3 is 0 Å². The van der Waals surface area contributed by atoms with Crippen molar-refractivity contribution in [1.29, 1.82) is 0 Å². The normalized spacial score (nSPS) is 10.5. The van der Waals surface area contributed by atoms with Crippen LogP contribution in [0.2, 0.25) is 0 Å². The van der Waals surface area contributed by atoms with Crippen LogP contribution in [0.5, 0.6) is 0 Å². The summed E-state index contributed by atoms with van der Waals surface area (Å²) in [5.74, 6) is 0.305. The van der Waals surface area contributed by atoms with Crippen LogP contribution in [0.15, 0.2) is 30.3 Å². The van der Waals surface area contributed by atoms with Crippen molar-refractivity contribution in [3.8, 4) is 0 Å². The predicted molar refractivity (Wildman–Crippen MR) is 94.8 cm³/mol. The minimum atomic E-state index is -0.223. The number of aromatic nitrogens is 2. The Morgan fingerprint density at radius 3 is 2.71 bits per heavy atom. The molecule has 1 aromatic carbocycles. The molecule has 0 atom stereocenters. The highest BCUT2D eigenvalue weighted by Gasteiger charge is 2.15. The fourth-order valence-corrected chi connectivity index (χ4v) is 2.38. The summed E-state index contributed by atoms with van der Waals surface area (Å²) >= 11 is 0. The van der Waals surface area contributed by atoms with Crippen molar-refractivity contribution in [2.45, 2.75) is 20.8 Å². The molecule has 0 spiro atoms. The summed E-state index contributed by atoms with van der Waals surface area (Å²) in [4.78, 5) is 23.2. The van der Waals surface area contributed by atoms with Gasteiger partial charge in [-0.2, -0.15) is 0 Å². The third-order valence-corrected chi connectivity index (χ3v) is 3.54. The van der Waals surface area contributed by atoms with Crippen molar-refractivity contribution >= 4 is 17.5 Å². The fourth-order valence-electron chi connectivity index (χ4n) is 2.38. The first kappa shape index (κ1) is 17.9. The molecule has 24 heavy (non-hydrogen) atoms. The van der Waals surface area contributed by atoms with Crippen molar-refractivity contribution in [2.75, 3.05) is 31.7 Å². The molecule has 0 radical (unpaired) electrons. The number of carbonyl (C=O) groups excluding carboxylic acids is 1. The van der Waals surface area contributed by atoms with E-state index in [2.05, 4.69) is 21.4 Å². The number of ether oxygens (including phenoxy) is 1. The highest BCUT2D eigenvalue weighted by Crippen LogP contribution is 2.23. The van der Waals surface area contributed by atoms with Gasteiger partial charge in [-0.1, -0.05) is 12.1 Å². The molecule has 1 amide bonds. The van der Waals surface area contributed by atoms with E-state index in [0.717, 1.165) is 16.9 Å². The number of rotatable bonds is 7. The third kappa shape index (κ3) is 4.52. The van der Waals surface area contributed by atoms with E-state index >= 15 is 0 Å². The Labute approximate surface area is 142 Å². The molecular weight excluding hydrogens is 304 g/mol. The van der Waals surface area contributed by atoms with Crippen molar-refractivity contribution in [3.63, 3.8) is 0 Å². The van der Waals surface area contributed by atoms with E-state index in [0.29, 0.717) is 31.3 Å². The van der Waals surface area contributed by atoms with Gasteiger partial charge in [0.25, 0.3) is 5.91 Å². The largest absolute Gasteiger partial charge is 0.383 e. The summed E-state index contributed by atoms with van der Waals surface area (Å²) in [6.07, 6.45) is 0. The van der Waals surface area contributed by atoms with Crippen LogP contribution in [-0.2, 0) is 4.74 Å². The molecule has 0 bridgehead atoms. The number of nitrogens with zero attached hydrogens (tertiary/aromatic N) is 3. The number of aryl methyl sites for hydroxylation is 2. The second-order valence-electron chi connectivity index (χ2n) is 5.53. The van der Waals surface area contributed by atoms with Gasteiger partial charge in [0.05, 0.1) is 6.61 Å². The average Bonchev–Trinajstić information content (AvgIpc) is 2.55. The number of methoxy groups -OCH3 is 1. The van der Waals surface area contributed by atoms with Gasteiger partial charge in [0, 0.05) is 31.6 Å². The maximum atomic E-state index is 12.3. The summed E-state index contributed by atoms with van der Waals surface area (Å²) in [7, 11) is 1.60. The molecule has 1 heterocycles. The Balaban J connectivity index is 2.30. The molecule has 1 aromatic heterocycles. The Kier molecular flexibility index (Phi) is 6.26. The molecule has 0 saturated heterocycles. The lowest BCUT2D eigenvalue weighted by atomic mass is 10.2. The monoisotopic (exact) mass is 328 g/mol. The van der Waals surface area contributed by atoms with E-state index in [1.165, 1.54) is 0 Å². The van der Waals surface area contributed by atoms with E-state index < -0.39 is 0 Å².